The molecule has 0 atom stereocenters. The SMILES string of the molecule is CCCCC/C=C\C/C=C\CCCCCCCCCCC(C)(CCCCCCCCCC/C=C\C/C=C\CCCCC)N(C)C. The van der Waals surface area contributed by atoms with Crippen LogP contribution in [-0.4, -0.2) is 24.5 Å². The second kappa shape index (κ2) is 35.8. The van der Waals surface area contributed by atoms with E-state index >= 15 is 0 Å². The fourth-order valence-corrected chi connectivity index (χ4v) is 6.27. The summed E-state index contributed by atoms with van der Waals surface area (Å²) in [6.07, 6.45) is 59.7. The lowest BCUT2D eigenvalue weighted by Crippen LogP contribution is -2.41. The lowest BCUT2D eigenvalue weighted by Gasteiger charge is -2.37. The van der Waals surface area contributed by atoms with Gasteiger partial charge in [-0.15, -0.1) is 0 Å². The quantitative estimate of drug-likeness (QED) is 0.0500. The molecule has 0 aromatic carbocycles. The maximum Gasteiger partial charge on any atom is 0.0175 e. The van der Waals surface area contributed by atoms with Crippen LogP contribution in [0.3, 0.4) is 0 Å². The number of rotatable bonds is 35. The molecule has 0 aromatic rings. The average molecular weight is 626 g/mol. The first kappa shape index (κ1) is 43.9. The minimum atomic E-state index is 0.386. The summed E-state index contributed by atoms with van der Waals surface area (Å²) in [5.74, 6) is 0. The summed E-state index contributed by atoms with van der Waals surface area (Å²) in [4.78, 5) is 2.52. The normalized spacial score (nSPS) is 12.8. The Hall–Kier alpha value is -1.08. The highest BCUT2D eigenvalue weighted by Gasteiger charge is 2.25. The fourth-order valence-electron chi connectivity index (χ4n) is 6.27. The summed E-state index contributed by atoms with van der Waals surface area (Å²) in [6.45, 7) is 7.06. The van der Waals surface area contributed by atoms with Gasteiger partial charge < -0.3 is 4.90 Å². The van der Waals surface area contributed by atoms with Gasteiger partial charge in [0.2, 0.25) is 0 Å². The highest BCUT2D eigenvalue weighted by atomic mass is 15.1. The Balaban J connectivity index is 3.61. The molecular formula is C44H83N. The zero-order chi connectivity index (χ0) is 32.9. The van der Waals surface area contributed by atoms with Crippen LogP contribution in [0.1, 0.15) is 213 Å². The van der Waals surface area contributed by atoms with Gasteiger partial charge in [0.1, 0.15) is 0 Å². The maximum absolute atomic E-state index is 2.52. The van der Waals surface area contributed by atoms with E-state index < -0.39 is 0 Å². The van der Waals surface area contributed by atoms with Crippen molar-refractivity contribution in [1.29, 1.82) is 0 Å². The topological polar surface area (TPSA) is 3.24 Å². The van der Waals surface area contributed by atoms with Crippen molar-refractivity contribution >= 4 is 0 Å². The number of nitrogens with zero attached hydrogens (tertiary/aromatic N) is 1. The van der Waals surface area contributed by atoms with Crippen molar-refractivity contribution in [2.45, 2.75) is 219 Å². The molecule has 0 rings (SSSR count). The molecule has 0 unspecified atom stereocenters. The lowest BCUT2D eigenvalue weighted by atomic mass is 9.87. The van der Waals surface area contributed by atoms with Gasteiger partial charge in [0.25, 0.3) is 0 Å². The van der Waals surface area contributed by atoms with Crippen LogP contribution in [0, 0.1) is 0 Å². The molecule has 0 radical (unpaired) electrons. The highest BCUT2D eigenvalue weighted by molar-refractivity contribution is 4.93. The van der Waals surface area contributed by atoms with Gasteiger partial charge in [0, 0.05) is 5.54 Å². The standard InChI is InChI=1S/C44H83N/c1-6-8-10-12-14-16-18-20-22-24-26-28-30-32-34-36-38-40-42-44(3,45(4)5)43-41-39-37-35-33-31-29-27-25-23-21-19-17-15-13-11-9-7-2/h14-17,20-23H,6-13,18-19,24-43H2,1-5H3/b16-14-,17-15-,22-20-,23-21-. The number of allylic oxidation sites excluding steroid dienone is 8. The van der Waals surface area contributed by atoms with Gasteiger partial charge >= 0.3 is 0 Å². The summed E-state index contributed by atoms with van der Waals surface area (Å²) in [6, 6.07) is 0. The number of unbranched alkanes of at least 4 members (excludes halogenated alkanes) is 22. The van der Waals surface area contributed by atoms with E-state index in [2.05, 4.69) is 88.4 Å². The summed E-state index contributed by atoms with van der Waals surface area (Å²) in [7, 11) is 4.61. The Kier molecular flexibility index (Phi) is 34.9. The first-order chi connectivity index (χ1) is 22.1. The van der Waals surface area contributed by atoms with Crippen molar-refractivity contribution in [3.63, 3.8) is 0 Å². The molecule has 0 N–H and O–H groups in total. The summed E-state index contributed by atoms with van der Waals surface area (Å²) < 4.78 is 0. The molecule has 0 heterocycles. The summed E-state index contributed by atoms with van der Waals surface area (Å²) in [5.41, 5.74) is 0.386. The van der Waals surface area contributed by atoms with Crippen LogP contribution in [0.4, 0.5) is 0 Å². The summed E-state index contributed by atoms with van der Waals surface area (Å²) in [5, 5.41) is 0. The molecule has 0 amide bonds. The van der Waals surface area contributed by atoms with Crippen LogP contribution in [0.25, 0.3) is 0 Å². The van der Waals surface area contributed by atoms with E-state index in [1.165, 1.54) is 180 Å². The molecule has 1 nitrogen and oxygen atoms in total. The maximum atomic E-state index is 2.52. The van der Waals surface area contributed by atoms with Gasteiger partial charge in [-0.1, -0.05) is 178 Å². The number of hydrogen-bond acceptors (Lipinski definition) is 1. The Bertz CT molecular complexity index is 629. The molecule has 0 fully saturated rings. The molecule has 0 saturated heterocycles. The van der Waals surface area contributed by atoms with Crippen molar-refractivity contribution in [3.8, 4) is 0 Å². The number of hydrogen-bond donors (Lipinski definition) is 0. The van der Waals surface area contributed by atoms with Crippen LogP contribution in [0.15, 0.2) is 48.6 Å². The first-order valence-electron chi connectivity index (χ1n) is 20.3. The Morgan fingerprint density at radius 3 is 0.911 bits per heavy atom. The van der Waals surface area contributed by atoms with E-state index in [0.29, 0.717) is 5.54 Å². The minimum absolute atomic E-state index is 0.386. The van der Waals surface area contributed by atoms with Crippen LogP contribution >= 0.6 is 0 Å². The molecule has 1 heteroatoms. The molecule has 0 aliphatic carbocycles. The third-order valence-corrected chi connectivity index (χ3v) is 9.91. The second-order valence-corrected chi connectivity index (χ2v) is 14.5. The van der Waals surface area contributed by atoms with Crippen LogP contribution in [0.2, 0.25) is 0 Å². The fraction of sp³-hybridized carbons (Fsp3) is 0.818. The van der Waals surface area contributed by atoms with Gasteiger partial charge in [-0.3, -0.25) is 0 Å². The zero-order valence-corrected chi connectivity index (χ0v) is 31.8. The van der Waals surface area contributed by atoms with Crippen molar-refractivity contribution in [1.82, 2.24) is 4.90 Å². The lowest BCUT2D eigenvalue weighted by molar-refractivity contribution is 0.139. The van der Waals surface area contributed by atoms with Crippen molar-refractivity contribution in [2.24, 2.45) is 0 Å². The molecule has 264 valence electrons. The van der Waals surface area contributed by atoms with Gasteiger partial charge in [-0.25, -0.2) is 0 Å². The Labute approximate surface area is 285 Å². The predicted molar refractivity (Wildman–Crippen MR) is 209 cm³/mol. The van der Waals surface area contributed by atoms with Crippen LogP contribution < -0.4 is 0 Å². The van der Waals surface area contributed by atoms with Crippen LogP contribution in [0.5, 0.6) is 0 Å². The van der Waals surface area contributed by atoms with E-state index in [4.69, 9.17) is 0 Å². The molecule has 0 saturated carbocycles. The van der Waals surface area contributed by atoms with Gasteiger partial charge in [-0.05, 0) is 98.1 Å². The largest absolute Gasteiger partial charge is 0.304 e. The monoisotopic (exact) mass is 626 g/mol. The zero-order valence-electron chi connectivity index (χ0n) is 31.8. The van der Waals surface area contributed by atoms with Gasteiger partial charge in [0.05, 0.1) is 0 Å². The Morgan fingerprint density at radius 2 is 0.622 bits per heavy atom. The second-order valence-electron chi connectivity index (χ2n) is 14.5. The average Bonchev–Trinajstić information content (AvgIpc) is 3.03. The molecule has 0 aliphatic heterocycles. The van der Waals surface area contributed by atoms with E-state index in [0.717, 1.165) is 12.8 Å². The molecule has 0 aromatic heterocycles. The summed E-state index contributed by atoms with van der Waals surface area (Å²) >= 11 is 0. The minimum Gasteiger partial charge on any atom is -0.304 e. The van der Waals surface area contributed by atoms with E-state index in [-0.39, 0.29) is 0 Å². The molecule has 0 aliphatic rings. The molecule has 0 spiro atoms. The van der Waals surface area contributed by atoms with Gasteiger partial charge in [0.15, 0.2) is 0 Å². The van der Waals surface area contributed by atoms with Crippen molar-refractivity contribution in [3.05, 3.63) is 48.6 Å². The van der Waals surface area contributed by atoms with E-state index in [1.807, 2.05) is 0 Å². The van der Waals surface area contributed by atoms with Gasteiger partial charge in [-0.2, -0.15) is 0 Å². The van der Waals surface area contributed by atoms with E-state index in [9.17, 15) is 0 Å². The van der Waals surface area contributed by atoms with E-state index in [1.54, 1.807) is 0 Å². The molecular weight excluding hydrogens is 542 g/mol. The Morgan fingerprint density at radius 1 is 0.356 bits per heavy atom. The van der Waals surface area contributed by atoms with Crippen LogP contribution in [-0.2, 0) is 0 Å². The third-order valence-electron chi connectivity index (χ3n) is 9.91. The molecule has 0 bridgehead atoms. The highest BCUT2D eigenvalue weighted by Crippen LogP contribution is 2.27. The predicted octanol–water partition coefficient (Wildman–Crippen LogP) is 15.3. The van der Waals surface area contributed by atoms with Crippen molar-refractivity contribution in [2.75, 3.05) is 14.1 Å². The molecule has 45 heavy (non-hydrogen) atoms. The first-order valence-corrected chi connectivity index (χ1v) is 20.3. The van der Waals surface area contributed by atoms with Crippen molar-refractivity contribution < 1.29 is 0 Å². The smallest absolute Gasteiger partial charge is 0.0175 e. The third kappa shape index (κ3) is 32.6.